The lowest BCUT2D eigenvalue weighted by Gasteiger charge is -2.04. The van der Waals surface area contributed by atoms with Gasteiger partial charge in [-0.1, -0.05) is 47.1 Å². The summed E-state index contributed by atoms with van der Waals surface area (Å²) >= 11 is 0. The lowest BCUT2D eigenvalue weighted by atomic mass is 10.0. The van der Waals surface area contributed by atoms with E-state index in [0.29, 0.717) is 6.42 Å². The first kappa shape index (κ1) is 18.9. The Balaban J connectivity index is 0. The maximum atomic E-state index is 12.4. The molecule has 0 spiro atoms. The summed E-state index contributed by atoms with van der Waals surface area (Å²) in [5.74, 6) is 0. The molecule has 1 rings (SSSR count). The summed E-state index contributed by atoms with van der Waals surface area (Å²) in [6.07, 6.45) is -0.619. The van der Waals surface area contributed by atoms with Crippen molar-refractivity contribution < 1.29 is 8.78 Å². The van der Waals surface area contributed by atoms with Crippen molar-refractivity contribution in [2.45, 2.75) is 53.9 Å². The Morgan fingerprint density at radius 1 is 1.17 bits per heavy atom. The molecule has 0 heterocycles. The van der Waals surface area contributed by atoms with Crippen LogP contribution in [0.5, 0.6) is 0 Å². The summed E-state index contributed by atoms with van der Waals surface area (Å²) in [5, 5.41) is 8.55. The van der Waals surface area contributed by atoms with Crippen LogP contribution in [0.15, 0.2) is 18.2 Å². The van der Waals surface area contributed by atoms with Gasteiger partial charge in [0.25, 0.3) is 6.43 Å². The Kier molecular flexibility index (Phi) is 12.7. The van der Waals surface area contributed by atoms with Gasteiger partial charge in [-0.15, -0.1) is 0 Å². The predicted octanol–water partition coefficient (Wildman–Crippen LogP) is 5.50. The molecule has 0 unspecified atom stereocenters. The van der Waals surface area contributed by atoms with E-state index in [1.807, 2.05) is 20.8 Å². The number of rotatable bonds is 2. The van der Waals surface area contributed by atoms with Gasteiger partial charge in [-0.05, 0) is 24.1 Å². The Morgan fingerprint density at radius 2 is 1.67 bits per heavy atom. The molecule has 3 heteroatoms. The van der Waals surface area contributed by atoms with E-state index < -0.39 is 6.43 Å². The molecule has 0 atom stereocenters. The minimum atomic E-state index is -2.57. The molecular formula is C15H23F2N. The second-order valence-corrected chi connectivity index (χ2v) is 3.39. The summed E-state index contributed by atoms with van der Waals surface area (Å²) < 4.78 is 24.8. The molecule has 0 aliphatic rings. The van der Waals surface area contributed by atoms with Crippen LogP contribution in [0.3, 0.4) is 0 Å². The van der Waals surface area contributed by atoms with Crippen molar-refractivity contribution in [1.29, 1.82) is 5.26 Å². The van der Waals surface area contributed by atoms with Gasteiger partial charge in [0, 0.05) is 5.56 Å². The summed E-state index contributed by atoms with van der Waals surface area (Å²) in [7, 11) is 0. The number of aryl methyl sites for hydroxylation is 1. The normalized spacial score (nSPS) is 8.61. The van der Waals surface area contributed by atoms with E-state index in [9.17, 15) is 8.78 Å². The van der Waals surface area contributed by atoms with Crippen molar-refractivity contribution in [2.75, 3.05) is 0 Å². The van der Waals surface area contributed by atoms with Gasteiger partial charge in [0.15, 0.2) is 0 Å². The molecule has 0 fully saturated rings. The van der Waals surface area contributed by atoms with Crippen LogP contribution in [0.2, 0.25) is 0 Å². The molecule has 0 aromatic heterocycles. The fourth-order valence-corrected chi connectivity index (χ4v) is 1.11. The minimum Gasteiger partial charge on any atom is -0.205 e. The molecule has 1 nitrogen and oxygen atoms in total. The lowest BCUT2D eigenvalue weighted by Crippen LogP contribution is -1.92. The van der Waals surface area contributed by atoms with E-state index in [4.69, 9.17) is 5.26 Å². The van der Waals surface area contributed by atoms with Crippen LogP contribution in [-0.4, -0.2) is 0 Å². The number of hydrogen-bond donors (Lipinski definition) is 0. The molecule has 0 bridgehead atoms. The third kappa shape index (κ3) is 7.01. The van der Waals surface area contributed by atoms with Gasteiger partial charge in [0.1, 0.15) is 0 Å². The van der Waals surface area contributed by atoms with Crippen LogP contribution in [0.25, 0.3) is 0 Å². The summed E-state index contributed by atoms with van der Waals surface area (Å²) in [6.45, 7) is 10.1. The topological polar surface area (TPSA) is 23.8 Å². The van der Waals surface area contributed by atoms with Crippen LogP contribution in [-0.2, 0) is 6.42 Å². The predicted molar refractivity (Wildman–Crippen MR) is 72.8 cm³/mol. The first-order chi connectivity index (χ1) is 8.60. The molecule has 0 radical (unpaired) electrons. The lowest BCUT2D eigenvalue weighted by molar-refractivity contribution is 0.151. The van der Waals surface area contributed by atoms with E-state index >= 15 is 0 Å². The van der Waals surface area contributed by atoms with Crippen molar-refractivity contribution in [3.05, 3.63) is 34.9 Å². The molecule has 1 aromatic carbocycles. The van der Waals surface area contributed by atoms with Gasteiger partial charge in [-0.2, -0.15) is 5.26 Å². The third-order valence-corrected chi connectivity index (χ3v) is 1.88. The summed E-state index contributed by atoms with van der Waals surface area (Å²) in [5.41, 5.74) is 0.725. The maximum Gasteiger partial charge on any atom is 0.265 e. The third-order valence-electron chi connectivity index (χ3n) is 1.88. The van der Waals surface area contributed by atoms with Gasteiger partial charge in [-0.3, -0.25) is 0 Å². The highest BCUT2D eigenvalue weighted by Gasteiger charge is 2.12. The average molecular weight is 255 g/mol. The van der Waals surface area contributed by atoms with Gasteiger partial charge in [-0.25, -0.2) is 8.78 Å². The zero-order chi connectivity index (χ0) is 14.6. The molecule has 0 saturated heterocycles. The maximum absolute atomic E-state index is 12.4. The monoisotopic (exact) mass is 255 g/mol. The van der Waals surface area contributed by atoms with Crippen molar-refractivity contribution in [2.24, 2.45) is 0 Å². The minimum absolute atomic E-state index is 0.0622. The quantitative estimate of drug-likeness (QED) is 0.684. The van der Waals surface area contributed by atoms with Gasteiger partial charge in [0.2, 0.25) is 0 Å². The summed E-state index contributed by atoms with van der Waals surface area (Å²) in [4.78, 5) is 0. The van der Waals surface area contributed by atoms with Crippen LogP contribution < -0.4 is 0 Å². The molecule has 102 valence electrons. The number of alkyl halides is 2. The smallest absolute Gasteiger partial charge is 0.205 e. The highest BCUT2D eigenvalue weighted by Crippen LogP contribution is 2.23. The Bertz CT molecular complexity index is 354. The molecule has 18 heavy (non-hydrogen) atoms. The van der Waals surface area contributed by atoms with Crippen LogP contribution in [0.1, 0.15) is 64.2 Å². The van der Waals surface area contributed by atoms with Crippen molar-refractivity contribution in [1.82, 2.24) is 0 Å². The zero-order valence-electron chi connectivity index (χ0n) is 11.9. The molecule has 0 aliphatic heterocycles. The van der Waals surface area contributed by atoms with Gasteiger partial charge >= 0.3 is 0 Å². The second kappa shape index (κ2) is 12.0. The van der Waals surface area contributed by atoms with Crippen LogP contribution in [0.4, 0.5) is 8.78 Å². The number of halogens is 2. The van der Waals surface area contributed by atoms with Crippen molar-refractivity contribution >= 4 is 0 Å². The number of hydrogen-bond acceptors (Lipinski definition) is 1. The zero-order valence-corrected chi connectivity index (χ0v) is 11.9. The molecule has 0 N–H and O–H groups in total. The van der Waals surface area contributed by atoms with E-state index in [0.717, 1.165) is 5.56 Å². The molecule has 0 aliphatic carbocycles. The molecule has 1 aromatic rings. The first-order valence-electron chi connectivity index (χ1n) is 6.41. The summed E-state index contributed by atoms with van der Waals surface area (Å²) in [6, 6.07) is 6.28. The van der Waals surface area contributed by atoms with Crippen LogP contribution in [0, 0.1) is 11.3 Å². The van der Waals surface area contributed by atoms with Gasteiger partial charge in [0.05, 0.1) is 11.6 Å². The van der Waals surface area contributed by atoms with E-state index in [2.05, 4.69) is 13.8 Å². The number of benzene rings is 1. The SMILES string of the molecule is CC.CCC.CCc1ccc(C#N)c(C(F)F)c1. The largest absolute Gasteiger partial charge is 0.265 e. The standard InChI is InChI=1S/C10H9F2N.C3H8.C2H6/c1-2-7-3-4-8(6-13)9(5-7)10(11)12;1-3-2;1-2/h3-5,10H,2H2,1H3;3H2,1-2H3;1-2H3. The Labute approximate surface area is 109 Å². The Hall–Kier alpha value is -1.43. The highest BCUT2D eigenvalue weighted by molar-refractivity contribution is 5.41. The molecule has 0 saturated carbocycles. The van der Waals surface area contributed by atoms with Crippen LogP contribution >= 0.6 is 0 Å². The van der Waals surface area contributed by atoms with E-state index in [1.54, 1.807) is 12.1 Å². The van der Waals surface area contributed by atoms with E-state index in [1.165, 1.54) is 18.6 Å². The van der Waals surface area contributed by atoms with Crippen molar-refractivity contribution in [3.8, 4) is 6.07 Å². The fourth-order valence-electron chi connectivity index (χ4n) is 1.11. The van der Waals surface area contributed by atoms with Crippen molar-refractivity contribution in [3.63, 3.8) is 0 Å². The number of nitriles is 1. The number of nitrogens with zero attached hydrogens (tertiary/aromatic N) is 1. The Morgan fingerprint density at radius 3 is 2.00 bits per heavy atom. The van der Waals surface area contributed by atoms with Gasteiger partial charge < -0.3 is 0 Å². The second-order valence-electron chi connectivity index (χ2n) is 3.39. The molecular weight excluding hydrogens is 232 g/mol. The first-order valence-corrected chi connectivity index (χ1v) is 6.41. The fraction of sp³-hybridized carbons (Fsp3) is 0.533. The molecule has 0 amide bonds. The average Bonchev–Trinajstić information content (AvgIpc) is 2.41. The highest BCUT2D eigenvalue weighted by atomic mass is 19.3. The van der Waals surface area contributed by atoms with E-state index in [-0.39, 0.29) is 11.1 Å².